The summed E-state index contributed by atoms with van der Waals surface area (Å²) in [5.74, 6) is -0.295. The van der Waals surface area contributed by atoms with Crippen molar-refractivity contribution in [3.05, 3.63) is 47.4 Å². The van der Waals surface area contributed by atoms with Crippen LogP contribution < -0.4 is 5.32 Å². The second kappa shape index (κ2) is 10.6. The number of aliphatic imine (C=N–C) groups is 1. The van der Waals surface area contributed by atoms with Gasteiger partial charge in [0, 0.05) is 62.4 Å². The van der Waals surface area contributed by atoms with Crippen LogP contribution in [0.4, 0.5) is 17.6 Å². The molecule has 1 aliphatic carbocycles. The molecule has 3 heterocycles. The Hall–Kier alpha value is -2.95. The highest BCUT2D eigenvalue weighted by Crippen LogP contribution is 2.47. The normalized spacial score (nSPS) is 26.9. The van der Waals surface area contributed by atoms with Crippen molar-refractivity contribution in [2.45, 2.75) is 51.0 Å². The monoisotopic (exact) mass is 549 g/mol. The Kier molecular flexibility index (Phi) is 7.47. The van der Waals surface area contributed by atoms with Gasteiger partial charge in [0.25, 0.3) is 0 Å². The zero-order valence-electron chi connectivity index (χ0n) is 22.3. The molecule has 0 aromatic heterocycles. The van der Waals surface area contributed by atoms with Crippen molar-refractivity contribution in [1.29, 1.82) is 0 Å². The van der Waals surface area contributed by atoms with Gasteiger partial charge in [0.2, 0.25) is 11.8 Å². The number of hydrogen-bond donors (Lipinski definition) is 1. The molecule has 0 spiro atoms. The molecule has 2 saturated heterocycles. The summed E-state index contributed by atoms with van der Waals surface area (Å²) in [5.41, 5.74) is -0.134. The Morgan fingerprint density at radius 3 is 2.33 bits per heavy atom. The lowest BCUT2D eigenvalue weighted by atomic mass is 9.88. The van der Waals surface area contributed by atoms with Crippen LogP contribution >= 0.6 is 0 Å². The molecule has 5 rings (SSSR count). The Labute approximate surface area is 225 Å². The Balaban J connectivity index is 1.24. The minimum absolute atomic E-state index is 0.0223. The fraction of sp³-hybridized carbons (Fsp3) is 0.607. The minimum atomic E-state index is -4.47. The summed E-state index contributed by atoms with van der Waals surface area (Å²) in [7, 11) is 1.78. The van der Waals surface area contributed by atoms with Crippen molar-refractivity contribution in [2.24, 2.45) is 22.2 Å². The molecule has 4 aliphatic rings. The topological polar surface area (TPSA) is 68.2 Å². The van der Waals surface area contributed by atoms with E-state index in [4.69, 9.17) is 0 Å². The zero-order chi connectivity index (χ0) is 27.9. The molecule has 1 saturated carbocycles. The Morgan fingerprint density at radius 1 is 1.10 bits per heavy atom. The molecule has 11 heteroatoms. The van der Waals surface area contributed by atoms with Gasteiger partial charge in [0.15, 0.2) is 6.29 Å². The molecule has 0 bridgehead atoms. The maximum atomic E-state index is 13.6. The standard InChI is InChI=1S/C28H35F4N5O2/c1-27(9-10-27)25(39)36-11-7-19(8-12-36)24(38)37-16-20(23(17-37)18-3-5-22(29)6-4-18)15-35(2)26-33-13-21(14-34-26)28(30,31)32/h3-6,13-14,19-20,23,26,33H,7-12,15-17H2,1-2H3/t20?,23-,26?/m1/s1. The van der Waals surface area contributed by atoms with Crippen molar-refractivity contribution < 1.29 is 27.2 Å². The number of carbonyl (C=O) groups is 2. The molecule has 3 fully saturated rings. The highest BCUT2D eigenvalue weighted by atomic mass is 19.4. The number of hydrogen-bond acceptors (Lipinski definition) is 5. The van der Waals surface area contributed by atoms with Gasteiger partial charge in [-0.15, -0.1) is 0 Å². The Morgan fingerprint density at radius 2 is 1.77 bits per heavy atom. The van der Waals surface area contributed by atoms with Crippen LogP contribution in [0.3, 0.4) is 0 Å². The second-order valence-electron chi connectivity index (χ2n) is 11.6. The van der Waals surface area contributed by atoms with Crippen molar-refractivity contribution in [2.75, 3.05) is 39.8 Å². The highest BCUT2D eigenvalue weighted by Gasteiger charge is 2.48. The molecule has 39 heavy (non-hydrogen) atoms. The number of allylic oxidation sites excluding steroid dienone is 1. The number of amides is 2. The Bertz CT molecular complexity index is 1140. The highest BCUT2D eigenvalue weighted by molar-refractivity contribution is 5.85. The first-order chi connectivity index (χ1) is 18.4. The van der Waals surface area contributed by atoms with Gasteiger partial charge >= 0.3 is 6.18 Å². The summed E-state index contributed by atoms with van der Waals surface area (Å²) in [6.07, 6.45) is -0.239. The number of carbonyl (C=O) groups excluding carboxylic acids is 2. The van der Waals surface area contributed by atoms with Crippen LogP contribution in [0.15, 0.2) is 41.0 Å². The van der Waals surface area contributed by atoms with E-state index < -0.39 is 18.0 Å². The summed E-state index contributed by atoms with van der Waals surface area (Å²) >= 11 is 0. The van der Waals surface area contributed by atoms with Crippen molar-refractivity contribution in [1.82, 2.24) is 20.0 Å². The van der Waals surface area contributed by atoms with Crippen LogP contribution in [0.5, 0.6) is 0 Å². The molecule has 2 unspecified atom stereocenters. The lowest BCUT2D eigenvalue weighted by Gasteiger charge is -2.34. The summed E-state index contributed by atoms with van der Waals surface area (Å²) in [5, 5.41) is 2.71. The van der Waals surface area contributed by atoms with Gasteiger partial charge in [0.05, 0.1) is 5.57 Å². The summed E-state index contributed by atoms with van der Waals surface area (Å²) in [6, 6.07) is 6.28. The molecule has 1 aromatic rings. The molecule has 7 nitrogen and oxygen atoms in total. The maximum Gasteiger partial charge on any atom is 0.419 e. The smallest absolute Gasteiger partial charge is 0.357 e. The van der Waals surface area contributed by atoms with Crippen LogP contribution in [0.1, 0.15) is 44.1 Å². The number of piperidine rings is 1. The van der Waals surface area contributed by atoms with Crippen LogP contribution in [0.2, 0.25) is 0 Å². The molecule has 2 amide bonds. The number of benzene rings is 1. The van der Waals surface area contributed by atoms with E-state index in [9.17, 15) is 27.2 Å². The third kappa shape index (κ3) is 5.97. The van der Waals surface area contributed by atoms with Crippen LogP contribution in [0.25, 0.3) is 0 Å². The predicted octanol–water partition coefficient (Wildman–Crippen LogP) is 3.74. The molecule has 0 radical (unpaired) electrons. The van der Waals surface area contributed by atoms with Crippen molar-refractivity contribution >= 4 is 18.0 Å². The van der Waals surface area contributed by atoms with Gasteiger partial charge in [0.1, 0.15) is 5.82 Å². The van der Waals surface area contributed by atoms with Crippen LogP contribution in [-0.2, 0) is 9.59 Å². The number of nitrogens with zero attached hydrogens (tertiary/aromatic N) is 4. The predicted molar refractivity (Wildman–Crippen MR) is 138 cm³/mol. The van der Waals surface area contributed by atoms with E-state index in [0.29, 0.717) is 45.6 Å². The van der Waals surface area contributed by atoms with Crippen molar-refractivity contribution in [3.63, 3.8) is 0 Å². The van der Waals surface area contributed by atoms with Crippen LogP contribution in [0, 0.1) is 23.1 Å². The average molecular weight is 550 g/mol. The molecule has 1 N–H and O–H groups in total. The number of rotatable bonds is 6. The number of nitrogens with one attached hydrogen (secondary N) is 1. The average Bonchev–Trinajstić information content (AvgIpc) is 3.54. The first-order valence-electron chi connectivity index (χ1n) is 13.5. The molecule has 3 aliphatic heterocycles. The van der Waals surface area contributed by atoms with E-state index >= 15 is 0 Å². The van der Waals surface area contributed by atoms with Gasteiger partial charge in [-0.25, -0.2) is 4.39 Å². The van der Waals surface area contributed by atoms with Gasteiger partial charge in [-0.1, -0.05) is 19.1 Å². The van der Waals surface area contributed by atoms with Gasteiger partial charge in [-0.2, -0.15) is 13.2 Å². The van der Waals surface area contributed by atoms with Gasteiger partial charge in [-0.3, -0.25) is 19.5 Å². The van der Waals surface area contributed by atoms with E-state index in [1.54, 1.807) is 19.2 Å². The molecular formula is C28H35F4N5O2. The largest absolute Gasteiger partial charge is 0.419 e. The van der Waals surface area contributed by atoms with Crippen LogP contribution in [-0.4, -0.2) is 85.0 Å². The van der Waals surface area contributed by atoms with E-state index in [2.05, 4.69) is 10.3 Å². The van der Waals surface area contributed by atoms with Gasteiger partial charge in [-0.05, 0) is 56.3 Å². The third-order valence-corrected chi connectivity index (χ3v) is 8.71. The summed E-state index contributed by atoms with van der Waals surface area (Å²) in [6.45, 7) is 4.63. The quantitative estimate of drug-likeness (QED) is 0.549. The lowest BCUT2D eigenvalue weighted by molar-refractivity contribution is -0.142. The van der Waals surface area contributed by atoms with E-state index in [1.165, 1.54) is 12.1 Å². The molecule has 3 atom stereocenters. The zero-order valence-corrected chi connectivity index (χ0v) is 22.3. The fourth-order valence-corrected chi connectivity index (χ4v) is 5.96. The van der Waals surface area contributed by atoms with E-state index in [1.807, 2.05) is 21.6 Å². The summed E-state index contributed by atoms with van der Waals surface area (Å²) in [4.78, 5) is 35.9. The molecule has 212 valence electrons. The summed E-state index contributed by atoms with van der Waals surface area (Å²) < 4.78 is 52.5. The van der Waals surface area contributed by atoms with E-state index in [0.717, 1.165) is 30.8 Å². The maximum absolute atomic E-state index is 13.6. The fourth-order valence-electron chi connectivity index (χ4n) is 5.96. The van der Waals surface area contributed by atoms with E-state index in [-0.39, 0.29) is 40.8 Å². The number of alkyl halides is 3. The first-order valence-corrected chi connectivity index (χ1v) is 13.5. The molecule has 1 aromatic carbocycles. The number of halogens is 4. The SMILES string of the molecule is CN(CC1CN(C(=O)C2CCN(C(=O)C3(C)CC3)CC2)C[C@@H]1c1ccc(F)cc1)C1N=CC(C(F)(F)F)=CN1. The lowest BCUT2D eigenvalue weighted by Crippen LogP contribution is -2.46. The van der Waals surface area contributed by atoms with Crippen molar-refractivity contribution in [3.8, 4) is 0 Å². The number of likely N-dealkylation sites (tertiary alicyclic amines) is 2. The first kappa shape index (κ1) is 27.6. The van der Waals surface area contributed by atoms with Gasteiger partial charge < -0.3 is 15.1 Å². The minimum Gasteiger partial charge on any atom is -0.357 e. The molecular weight excluding hydrogens is 514 g/mol. The third-order valence-electron chi connectivity index (χ3n) is 8.71. The second-order valence-corrected chi connectivity index (χ2v) is 11.6.